The number of hydrogen-bond acceptors (Lipinski definition) is 5. The third kappa shape index (κ3) is 4.74. The zero-order chi connectivity index (χ0) is 16.8. The largest absolute Gasteiger partial charge is 0.493 e. The highest BCUT2D eigenvalue weighted by Crippen LogP contribution is 2.31. The SMILES string of the molecule is COc1cccc(/C=C/C(=O)O[C@@H](C)C(=O)NC2CC2)c1OC. The predicted octanol–water partition coefficient (Wildman–Crippen LogP) is 1.93. The van der Waals surface area contributed by atoms with E-state index in [0.29, 0.717) is 17.1 Å². The van der Waals surface area contributed by atoms with E-state index in [0.717, 1.165) is 12.8 Å². The fraction of sp³-hybridized carbons (Fsp3) is 0.412. The summed E-state index contributed by atoms with van der Waals surface area (Å²) >= 11 is 0. The molecule has 0 spiro atoms. The summed E-state index contributed by atoms with van der Waals surface area (Å²) in [6, 6.07) is 5.57. The fourth-order valence-corrected chi connectivity index (χ4v) is 2.01. The molecule has 1 aliphatic rings. The maximum atomic E-state index is 11.8. The summed E-state index contributed by atoms with van der Waals surface area (Å²) in [6.45, 7) is 1.55. The maximum Gasteiger partial charge on any atom is 0.331 e. The summed E-state index contributed by atoms with van der Waals surface area (Å²) in [5.74, 6) is 0.236. The maximum absolute atomic E-state index is 11.8. The van der Waals surface area contributed by atoms with Crippen LogP contribution in [0.15, 0.2) is 24.3 Å². The zero-order valence-electron chi connectivity index (χ0n) is 13.5. The second-order valence-electron chi connectivity index (χ2n) is 5.28. The first-order chi connectivity index (χ1) is 11.0. The lowest BCUT2D eigenvalue weighted by atomic mass is 10.1. The Morgan fingerprint density at radius 3 is 2.61 bits per heavy atom. The summed E-state index contributed by atoms with van der Waals surface area (Å²) < 4.78 is 15.6. The number of esters is 1. The van der Waals surface area contributed by atoms with Crippen LogP contribution in [0, 0.1) is 0 Å². The van der Waals surface area contributed by atoms with E-state index in [1.54, 1.807) is 38.3 Å². The summed E-state index contributed by atoms with van der Waals surface area (Å²) in [5.41, 5.74) is 0.680. The van der Waals surface area contributed by atoms with Gasteiger partial charge in [0.25, 0.3) is 5.91 Å². The molecule has 1 aliphatic carbocycles. The van der Waals surface area contributed by atoms with E-state index in [1.807, 2.05) is 0 Å². The third-order valence-electron chi connectivity index (χ3n) is 3.42. The van der Waals surface area contributed by atoms with Gasteiger partial charge < -0.3 is 19.5 Å². The minimum Gasteiger partial charge on any atom is -0.493 e. The molecular weight excluding hydrogens is 298 g/mol. The van der Waals surface area contributed by atoms with Crippen molar-refractivity contribution in [3.63, 3.8) is 0 Å². The molecule has 1 aromatic carbocycles. The van der Waals surface area contributed by atoms with Crippen LogP contribution < -0.4 is 14.8 Å². The predicted molar refractivity (Wildman–Crippen MR) is 85.3 cm³/mol. The second-order valence-corrected chi connectivity index (χ2v) is 5.28. The van der Waals surface area contributed by atoms with Crippen molar-refractivity contribution in [2.24, 2.45) is 0 Å². The molecule has 0 aromatic heterocycles. The number of carbonyl (C=O) groups excluding carboxylic acids is 2. The molecule has 1 atom stereocenters. The van der Waals surface area contributed by atoms with E-state index in [1.165, 1.54) is 13.2 Å². The number of nitrogens with one attached hydrogen (secondary N) is 1. The van der Waals surface area contributed by atoms with Crippen molar-refractivity contribution in [1.82, 2.24) is 5.32 Å². The van der Waals surface area contributed by atoms with Crippen LogP contribution in [0.5, 0.6) is 11.5 Å². The van der Waals surface area contributed by atoms with Gasteiger partial charge in [0.15, 0.2) is 17.6 Å². The third-order valence-corrected chi connectivity index (χ3v) is 3.42. The van der Waals surface area contributed by atoms with Crippen LogP contribution >= 0.6 is 0 Å². The van der Waals surface area contributed by atoms with Gasteiger partial charge in [0.05, 0.1) is 14.2 Å². The average Bonchev–Trinajstić information content (AvgIpc) is 3.36. The molecule has 0 aliphatic heterocycles. The number of para-hydroxylation sites is 1. The van der Waals surface area contributed by atoms with Crippen LogP contribution in [-0.4, -0.2) is 38.2 Å². The van der Waals surface area contributed by atoms with Gasteiger partial charge in [0.1, 0.15) is 0 Å². The van der Waals surface area contributed by atoms with Gasteiger partial charge in [-0.05, 0) is 31.9 Å². The van der Waals surface area contributed by atoms with Crippen LogP contribution in [0.1, 0.15) is 25.3 Å². The Kier molecular flexibility index (Phi) is 5.62. The first-order valence-electron chi connectivity index (χ1n) is 7.45. The highest BCUT2D eigenvalue weighted by atomic mass is 16.5. The Bertz CT molecular complexity index is 607. The topological polar surface area (TPSA) is 73.9 Å². The van der Waals surface area contributed by atoms with E-state index in [-0.39, 0.29) is 11.9 Å². The van der Waals surface area contributed by atoms with Crippen molar-refractivity contribution in [1.29, 1.82) is 0 Å². The molecule has 0 saturated heterocycles. The second kappa shape index (κ2) is 7.67. The first kappa shape index (κ1) is 16.9. The number of hydrogen-bond donors (Lipinski definition) is 1. The van der Waals surface area contributed by atoms with E-state index >= 15 is 0 Å². The highest BCUT2D eigenvalue weighted by Gasteiger charge is 2.26. The summed E-state index contributed by atoms with van der Waals surface area (Å²) in [7, 11) is 3.07. The van der Waals surface area contributed by atoms with Crippen molar-refractivity contribution >= 4 is 18.0 Å². The molecule has 0 radical (unpaired) electrons. The Hall–Kier alpha value is -2.50. The number of carbonyl (C=O) groups is 2. The molecule has 1 aromatic rings. The Labute approximate surface area is 135 Å². The molecule has 124 valence electrons. The van der Waals surface area contributed by atoms with Crippen LogP contribution in [0.2, 0.25) is 0 Å². The van der Waals surface area contributed by atoms with Crippen molar-refractivity contribution in [3.8, 4) is 11.5 Å². The number of amides is 1. The Balaban J connectivity index is 1.96. The molecule has 1 fully saturated rings. The highest BCUT2D eigenvalue weighted by molar-refractivity contribution is 5.91. The number of methoxy groups -OCH3 is 2. The molecule has 1 N–H and O–H groups in total. The Morgan fingerprint density at radius 1 is 1.26 bits per heavy atom. The fourth-order valence-electron chi connectivity index (χ4n) is 2.01. The lowest BCUT2D eigenvalue weighted by molar-refractivity contribution is -0.150. The molecule has 23 heavy (non-hydrogen) atoms. The van der Waals surface area contributed by atoms with Crippen molar-refractivity contribution in [3.05, 3.63) is 29.8 Å². The smallest absolute Gasteiger partial charge is 0.331 e. The van der Waals surface area contributed by atoms with Gasteiger partial charge in [-0.15, -0.1) is 0 Å². The van der Waals surface area contributed by atoms with Gasteiger partial charge in [0, 0.05) is 17.7 Å². The molecule has 0 heterocycles. The minimum absolute atomic E-state index is 0.236. The van der Waals surface area contributed by atoms with Crippen LogP contribution in [0.25, 0.3) is 6.08 Å². The number of ether oxygens (including phenoxy) is 3. The van der Waals surface area contributed by atoms with Crippen LogP contribution in [0.3, 0.4) is 0 Å². The molecule has 2 rings (SSSR count). The minimum atomic E-state index is -0.819. The van der Waals surface area contributed by atoms with Gasteiger partial charge in [-0.3, -0.25) is 4.79 Å². The van der Waals surface area contributed by atoms with Crippen LogP contribution in [0.4, 0.5) is 0 Å². The summed E-state index contributed by atoms with van der Waals surface area (Å²) in [4.78, 5) is 23.6. The molecule has 6 nitrogen and oxygen atoms in total. The normalized spacial score (nSPS) is 15.1. The van der Waals surface area contributed by atoms with Crippen molar-refractivity contribution in [2.45, 2.75) is 31.9 Å². The zero-order valence-corrected chi connectivity index (χ0v) is 13.5. The standard InChI is InChI=1S/C17H21NO5/c1-11(17(20)18-13-8-9-13)23-15(19)10-7-12-5-4-6-14(21-2)16(12)22-3/h4-7,10-11,13H,8-9H2,1-3H3,(H,18,20)/b10-7+/t11-/m0/s1. The van der Waals surface area contributed by atoms with Gasteiger partial charge in [-0.25, -0.2) is 4.79 Å². The van der Waals surface area contributed by atoms with E-state index in [4.69, 9.17) is 14.2 Å². The molecule has 6 heteroatoms. The lowest BCUT2D eigenvalue weighted by Gasteiger charge is -2.12. The van der Waals surface area contributed by atoms with Gasteiger partial charge >= 0.3 is 5.97 Å². The molecule has 1 amide bonds. The molecule has 1 saturated carbocycles. The number of benzene rings is 1. The number of rotatable bonds is 7. The monoisotopic (exact) mass is 319 g/mol. The summed E-state index contributed by atoms with van der Waals surface area (Å²) in [6.07, 6.45) is 3.98. The van der Waals surface area contributed by atoms with Gasteiger partial charge in [-0.1, -0.05) is 12.1 Å². The first-order valence-corrected chi connectivity index (χ1v) is 7.45. The molecule has 0 unspecified atom stereocenters. The average molecular weight is 319 g/mol. The quantitative estimate of drug-likeness (QED) is 0.614. The van der Waals surface area contributed by atoms with Crippen LogP contribution in [-0.2, 0) is 14.3 Å². The lowest BCUT2D eigenvalue weighted by Crippen LogP contribution is -2.36. The van der Waals surface area contributed by atoms with E-state index in [2.05, 4.69) is 5.32 Å². The van der Waals surface area contributed by atoms with Gasteiger partial charge in [-0.2, -0.15) is 0 Å². The van der Waals surface area contributed by atoms with Crippen molar-refractivity contribution in [2.75, 3.05) is 14.2 Å². The summed E-state index contributed by atoms with van der Waals surface area (Å²) in [5, 5.41) is 2.79. The van der Waals surface area contributed by atoms with E-state index < -0.39 is 12.1 Å². The van der Waals surface area contributed by atoms with E-state index in [9.17, 15) is 9.59 Å². The van der Waals surface area contributed by atoms with Crippen molar-refractivity contribution < 1.29 is 23.8 Å². The molecular formula is C17H21NO5. The molecule has 0 bridgehead atoms. The Morgan fingerprint density at radius 2 is 2.00 bits per heavy atom. The van der Waals surface area contributed by atoms with Gasteiger partial charge in [0.2, 0.25) is 0 Å².